The standard InChI is InChI=1S/C11H13N5OS/c1-2-7(11-13-5-6-18-11)14-9-4-3-8(10(12)17)15-16-9/h3-7H,2H2,1H3,(H2,12,17)(H,14,16). The summed E-state index contributed by atoms with van der Waals surface area (Å²) in [5.41, 5.74) is 5.25. The Morgan fingerprint density at radius 2 is 2.33 bits per heavy atom. The Hall–Kier alpha value is -2.02. The van der Waals surface area contributed by atoms with Crippen LogP contribution >= 0.6 is 11.3 Å². The van der Waals surface area contributed by atoms with Gasteiger partial charge in [-0.15, -0.1) is 21.5 Å². The third-order valence-corrected chi connectivity index (χ3v) is 3.29. The van der Waals surface area contributed by atoms with Gasteiger partial charge in [0, 0.05) is 11.6 Å². The first-order chi connectivity index (χ1) is 8.70. The zero-order valence-electron chi connectivity index (χ0n) is 9.83. The van der Waals surface area contributed by atoms with Gasteiger partial charge in [-0.2, -0.15) is 0 Å². The van der Waals surface area contributed by atoms with Gasteiger partial charge in [-0.05, 0) is 18.6 Å². The molecular weight excluding hydrogens is 250 g/mol. The highest BCUT2D eigenvalue weighted by molar-refractivity contribution is 7.09. The third kappa shape index (κ3) is 2.80. The van der Waals surface area contributed by atoms with Gasteiger partial charge < -0.3 is 11.1 Å². The number of rotatable bonds is 5. The summed E-state index contributed by atoms with van der Waals surface area (Å²) < 4.78 is 0. The van der Waals surface area contributed by atoms with E-state index in [9.17, 15) is 4.79 Å². The lowest BCUT2D eigenvalue weighted by Gasteiger charge is -2.14. The number of hydrogen-bond acceptors (Lipinski definition) is 6. The molecule has 3 N–H and O–H groups in total. The molecule has 2 rings (SSSR count). The predicted octanol–water partition coefficient (Wildman–Crippen LogP) is 1.60. The maximum atomic E-state index is 10.9. The second-order valence-electron chi connectivity index (χ2n) is 3.64. The van der Waals surface area contributed by atoms with Crippen LogP contribution in [0.25, 0.3) is 0 Å². The van der Waals surface area contributed by atoms with Gasteiger partial charge in [0.1, 0.15) is 10.8 Å². The normalized spacial score (nSPS) is 12.1. The molecule has 1 unspecified atom stereocenters. The Balaban J connectivity index is 2.10. The number of thiazole rings is 1. The van der Waals surface area contributed by atoms with E-state index in [2.05, 4.69) is 27.4 Å². The van der Waals surface area contributed by atoms with Crippen molar-refractivity contribution in [1.29, 1.82) is 0 Å². The summed E-state index contributed by atoms with van der Waals surface area (Å²) in [5, 5.41) is 13.8. The molecule has 0 saturated carbocycles. The second kappa shape index (κ2) is 5.54. The molecule has 1 amide bonds. The lowest BCUT2D eigenvalue weighted by Crippen LogP contribution is -2.15. The van der Waals surface area contributed by atoms with E-state index in [4.69, 9.17) is 5.73 Å². The van der Waals surface area contributed by atoms with Gasteiger partial charge in [-0.3, -0.25) is 4.79 Å². The fraction of sp³-hybridized carbons (Fsp3) is 0.273. The number of amides is 1. The Bertz CT molecular complexity index is 511. The average Bonchev–Trinajstić information content (AvgIpc) is 2.90. The molecule has 7 heteroatoms. The van der Waals surface area contributed by atoms with Crippen molar-refractivity contribution in [3.8, 4) is 0 Å². The minimum atomic E-state index is -0.582. The van der Waals surface area contributed by atoms with Crippen LogP contribution in [0, 0.1) is 0 Å². The molecule has 6 nitrogen and oxygen atoms in total. The van der Waals surface area contributed by atoms with Gasteiger partial charge in [0.15, 0.2) is 5.69 Å². The fourth-order valence-electron chi connectivity index (χ4n) is 1.46. The largest absolute Gasteiger partial charge is 0.364 e. The molecule has 0 saturated heterocycles. The van der Waals surface area contributed by atoms with Crippen molar-refractivity contribution in [3.63, 3.8) is 0 Å². The number of nitrogens with two attached hydrogens (primary N) is 1. The molecule has 2 heterocycles. The lowest BCUT2D eigenvalue weighted by atomic mass is 10.2. The maximum Gasteiger partial charge on any atom is 0.269 e. The molecule has 0 aliphatic carbocycles. The number of nitrogens with zero attached hydrogens (tertiary/aromatic N) is 3. The van der Waals surface area contributed by atoms with E-state index in [1.165, 1.54) is 0 Å². The number of carbonyl (C=O) groups is 1. The molecule has 18 heavy (non-hydrogen) atoms. The Morgan fingerprint density at radius 1 is 1.50 bits per heavy atom. The van der Waals surface area contributed by atoms with Gasteiger partial charge in [0.25, 0.3) is 5.91 Å². The minimum absolute atomic E-state index is 0.0960. The van der Waals surface area contributed by atoms with Crippen molar-refractivity contribution in [2.24, 2.45) is 5.73 Å². The van der Waals surface area contributed by atoms with Crippen LogP contribution in [-0.4, -0.2) is 21.1 Å². The van der Waals surface area contributed by atoms with Gasteiger partial charge in [-0.1, -0.05) is 6.92 Å². The summed E-state index contributed by atoms with van der Waals surface area (Å²) in [6.45, 7) is 2.06. The molecule has 2 aromatic rings. The molecule has 0 aliphatic heterocycles. The van der Waals surface area contributed by atoms with Crippen molar-refractivity contribution in [3.05, 3.63) is 34.4 Å². The molecule has 94 valence electrons. The maximum absolute atomic E-state index is 10.9. The third-order valence-electron chi connectivity index (χ3n) is 2.40. The Labute approximate surface area is 108 Å². The summed E-state index contributed by atoms with van der Waals surface area (Å²) >= 11 is 1.59. The smallest absolute Gasteiger partial charge is 0.269 e. The summed E-state index contributed by atoms with van der Waals surface area (Å²) in [6.07, 6.45) is 2.65. The van der Waals surface area contributed by atoms with E-state index in [1.54, 1.807) is 29.7 Å². The summed E-state index contributed by atoms with van der Waals surface area (Å²) in [5.74, 6) is 0.0167. The number of aromatic nitrogens is 3. The van der Waals surface area contributed by atoms with Crippen LogP contribution in [0.15, 0.2) is 23.7 Å². The summed E-state index contributed by atoms with van der Waals surface area (Å²) in [6, 6.07) is 3.33. The van der Waals surface area contributed by atoms with Gasteiger partial charge >= 0.3 is 0 Å². The highest BCUT2D eigenvalue weighted by atomic mass is 32.1. The van der Waals surface area contributed by atoms with E-state index in [-0.39, 0.29) is 11.7 Å². The lowest BCUT2D eigenvalue weighted by molar-refractivity contribution is 0.0994. The number of carbonyl (C=O) groups excluding carboxylic acids is 1. The first-order valence-corrected chi connectivity index (χ1v) is 6.38. The molecule has 0 aliphatic rings. The zero-order chi connectivity index (χ0) is 13.0. The first kappa shape index (κ1) is 12.4. The van der Waals surface area contributed by atoms with Crippen molar-refractivity contribution in [1.82, 2.24) is 15.2 Å². The zero-order valence-corrected chi connectivity index (χ0v) is 10.6. The molecule has 2 aromatic heterocycles. The fourth-order valence-corrected chi connectivity index (χ4v) is 2.24. The number of nitrogens with one attached hydrogen (secondary N) is 1. The molecular formula is C11H13N5OS. The minimum Gasteiger partial charge on any atom is -0.364 e. The Morgan fingerprint density at radius 3 is 2.83 bits per heavy atom. The van der Waals surface area contributed by atoms with Crippen molar-refractivity contribution in [2.45, 2.75) is 19.4 Å². The van der Waals surface area contributed by atoms with Crippen molar-refractivity contribution < 1.29 is 4.79 Å². The number of primary amides is 1. The van der Waals surface area contributed by atoms with Crippen LogP contribution in [0.3, 0.4) is 0 Å². The first-order valence-electron chi connectivity index (χ1n) is 5.50. The van der Waals surface area contributed by atoms with Crippen LogP contribution < -0.4 is 11.1 Å². The average molecular weight is 263 g/mol. The van der Waals surface area contributed by atoms with E-state index in [0.717, 1.165) is 11.4 Å². The summed E-state index contributed by atoms with van der Waals surface area (Å²) in [4.78, 5) is 15.1. The number of anilines is 1. The molecule has 0 aromatic carbocycles. The van der Waals surface area contributed by atoms with Gasteiger partial charge in [0.05, 0.1) is 6.04 Å². The van der Waals surface area contributed by atoms with Crippen LogP contribution in [0.2, 0.25) is 0 Å². The van der Waals surface area contributed by atoms with Crippen molar-refractivity contribution in [2.75, 3.05) is 5.32 Å². The quantitative estimate of drug-likeness (QED) is 0.854. The monoisotopic (exact) mass is 263 g/mol. The van der Waals surface area contributed by atoms with Gasteiger partial charge in [0.2, 0.25) is 0 Å². The second-order valence-corrected chi connectivity index (χ2v) is 4.57. The summed E-state index contributed by atoms with van der Waals surface area (Å²) in [7, 11) is 0. The van der Waals surface area contributed by atoms with E-state index in [1.807, 2.05) is 5.38 Å². The molecule has 0 fully saturated rings. The molecule has 1 atom stereocenters. The number of hydrogen-bond donors (Lipinski definition) is 2. The van der Waals surface area contributed by atoms with Crippen LogP contribution in [-0.2, 0) is 0 Å². The van der Waals surface area contributed by atoms with E-state index in [0.29, 0.717) is 5.82 Å². The SMILES string of the molecule is CCC(Nc1ccc(C(N)=O)nn1)c1nccs1. The van der Waals surface area contributed by atoms with Gasteiger partial charge in [-0.25, -0.2) is 4.98 Å². The highest BCUT2D eigenvalue weighted by Crippen LogP contribution is 2.22. The molecule has 0 spiro atoms. The van der Waals surface area contributed by atoms with Crippen LogP contribution in [0.4, 0.5) is 5.82 Å². The van der Waals surface area contributed by atoms with E-state index < -0.39 is 5.91 Å². The van der Waals surface area contributed by atoms with Crippen LogP contribution in [0.1, 0.15) is 34.9 Å². The topological polar surface area (TPSA) is 93.8 Å². The Kier molecular flexibility index (Phi) is 3.83. The molecule has 0 bridgehead atoms. The highest BCUT2D eigenvalue weighted by Gasteiger charge is 2.12. The predicted molar refractivity (Wildman–Crippen MR) is 69.3 cm³/mol. The van der Waals surface area contributed by atoms with E-state index >= 15 is 0 Å². The molecule has 0 radical (unpaired) electrons. The van der Waals surface area contributed by atoms with Crippen LogP contribution in [0.5, 0.6) is 0 Å². The van der Waals surface area contributed by atoms with Crippen molar-refractivity contribution >= 4 is 23.1 Å².